The van der Waals surface area contributed by atoms with Gasteiger partial charge in [0, 0.05) is 18.9 Å². The van der Waals surface area contributed by atoms with Crippen molar-refractivity contribution in [3.05, 3.63) is 28.8 Å². The van der Waals surface area contributed by atoms with E-state index in [9.17, 15) is 0 Å². The van der Waals surface area contributed by atoms with E-state index in [1.165, 1.54) is 5.56 Å². The molecule has 0 bridgehead atoms. The predicted molar refractivity (Wildman–Crippen MR) is 78.0 cm³/mol. The van der Waals surface area contributed by atoms with E-state index in [4.69, 9.17) is 21.1 Å². The number of hydrogen-bond donors (Lipinski definition) is 1. The molecule has 19 heavy (non-hydrogen) atoms. The lowest BCUT2D eigenvalue weighted by Crippen LogP contribution is -2.26. The van der Waals surface area contributed by atoms with Gasteiger partial charge in [0.2, 0.25) is 0 Å². The van der Waals surface area contributed by atoms with Crippen LogP contribution in [0.3, 0.4) is 0 Å². The third kappa shape index (κ3) is 4.10. The maximum Gasteiger partial charge on any atom is 0.138 e. The van der Waals surface area contributed by atoms with Gasteiger partial charge in [-0.2, -0.15) is 0 Å². The molecule has 4 heteroatoms. The van der Waals surface area contributed by atoms with Gasteiger partial charge in [-0.3, -0.25) is 0 Å². The van der Waals surface area contributed by atoms with Gasteiger partial charge in [-0.05, 0) is 31.2 Å². The topological polar surface area (TPSA) is 30.5 Å². The highest BCUT2D eigenvalue weighted by Gasteiger charge is 2.17. The molecular weight excluding hydrogens is 262 g/mol. The number of ether oxygens (including phenoxy) is 2. The number of nitrogens with one attached hydrogen (secondary N) is 1. The quantitative estimate of drug-likeness (QED) is 0.896. The Morgan fingerprint density at radius 2 is 2.16 bits per heavy atom. The van der Waals surface area contributed by atoms with Crippen molar-refractivity contribution in [2.24, 2.45) is 0 Å². The van der Waals surface area contributed by atoms with E-state index in [-0.39, 0.29) is 6.10 Å². The van der Waals surface area contributed by atoms with Crippen LogP contribution < -0.4 is 10.1 Å². The highest BCUT2D eigenvalue weighted by atomic mass is 35.5. The smallest absolute Gasteiger partial charge is 0.138 e. The van der Waals surface area contributed by atoms with Crippen LogP contribution in [0.15, 0.2) is 18.2 Å². The zero-order chi connectivity index (χ0) is 13.7. The van der Waals surface area contributed by atoms with Crippen LogP contribution in [0.4, 0.5) is 0 Å². The van der Waals surface area contributed by atoms with Gasteiger partial charge in [0.15, 0.2) is 0 Å². The fraction of sp³-hybridized carbons (Fsp3) is 0.600. The molecule has 1 fully saturated rings. The van der Waals surface area contributed by atoms with Gasteiger partial charge in [0.05, 0.1) is 18.2 Å². The van der Waals surface area contributed by atoms with Gasteiger partial charge in [0.1, 0.15) is 11.9 Å². The van der Waals surface area contributed by atoms with Gasteiger partial charge in [0.25, 0.3) is 0 Å². The first kappa shape index (κ1) is 14.6. The first-order valence-corrected chi connectivity index (χ1v) is 7.35. The summed E-state index contributed by atoms with van der Waals surface area (Å²) in [4.78, 5) is 0. The van der Waals surface area contributed by atoms with Crippen molar-refractivity contribution in [2.75, 3.05) is 19.8 Å². The van der Waals surface area contributed by atoms with Crippen LogP contribution >= 0.6 is 11.6 Å². The van der Waals surface area contributed by atoms with Crippen LogP contribution in [0.25, 0.3) is 0 Å². The van der Waals surface area contributed by atoms with E-state index in [1.54, 1.807) is 0 Å². The molecule has 0 aromatic heterocycles. The van der Waals surface area contributed by atoms with Crippen molar-refractivity contribution in [1.29, 1.82) is 0 Å². The van der Waals surface area contributed by atoms with E-state index in [2.05, 4.69) is 25.2 Å². The first-order valence-electron chi connectivity index (χ1n) is 6.98. The summed E-state index contributed by atoms with van der Waals surface area (Å²) in [5.41, 5.74) is 1.19. The van der Waals surface area contributed by atoms with Gasteiger partial charge in [-0.15, -0.1) is 0 Å². The van der Waals surface area contributed by atoms with E-state index >= 15 is 0 Å². The Kier molecular flexibility index (Phi) is 5.49. The molecule has 1 aliphatic rings. The lowest BCUT2D eigenvalue weighted by atomic mass is 10.1. The van der Waals surface area contributed by atoms with E-state index in [1.807, 2.05) is 12.1 Å². The highest BCUT2D eigenvalue weighted by molar-refractivity contribution is 6.32. The maximum atomic E-state index is 6.31. The summed E-state index contributed by atoms with van der Waals surface area (Å²) < 4.78 is 11.3. The molecule has 3 nitrogen and oxygen atoms in total. The largest absolute Gasteiger partial charge is 0.489 e. The summed E-state index contributed by atoms with van der Waals surface area (Å²) in [6, 6.07) is 6.35. The Morgan fingerprint density at radius 1 is 1.42 bits per heavy atom. The van der Waals surface area contributed by atoms with E-state index in [0.717, 1.165) is 38.3 Å². The molecule has 0 aliphatic carbocycles. The second-order valence-corrected chi connectivity index (χ2v) is 5.31. The van der Waals surface area contributed by atoms with Crippen molar-refractivity contribution < 1.29 is 9.47 Å². The van der Waals surface area contributed by atoms with Gasteiger partial charge in [-0.25, -0.2) is 0 Å². The first-order chi connectivity index (χ1) is 9.20. The normalized spacial score (nSPS) is 18.3. The summed E-state index contributed by atoms with van der Waals surface area (Å²) in [6.45, 7) is 6.73. The average molecular weight is 284 g/mol. The zero-order valence-electron chi connectivity index (χ0n) is 11.6. The predicted octanol–water partition coefficient (Wildman–Crippen LogP) is 3.57. The van der Waals surface area contributed by atoms with Gasteiger partial charge < -0.3 is 14.8 Å². The van der Waals surface area contributed by atoms with Crippen LogP contribution in [0.1, 0.15) is 38.3 Å². The molecule has 106 valence electrons. The van der Waals surface area contributed by atoms with E-state index in [0.29, 0.717) is 11.1 Å². The molecule has 1 aromatic rings. The molecule has 1 N–H and O–H groups in total. The minimum absolute atomic E-state index is 0.225. The van der Waals surface area contributed by atoms with Crippen LogP contribution in [-0.2, 0) is 4.74 Å². The van der Waals surface area contributed by atoms with Gasteiger partial charge in [-0.1, -0.05) is 24.6 Å². The molecule has 1 heterocycles. The SMILES string of the molecule is CCNC(C)c1ccc(OC2CCOCC2)c(Cl)c1. The van der Waals surface area contributed by atoms with Crippen molar-refractivity contribution in [3.8, 4) is 5.75 Å². The van der Waals surface area contributed by atoms with Crippen molar-refractivity contribution in [2.45, 2.75) is 38.8 Å². The maximum absolute atomic E-state index is 6.31. The Hall–Kier alpha value is -0.770. The monoisotopic (exact) mass is 283 g/mol. The minimum atomic E-state index is 0.225. The number of hydrogen-bond acceptors (Lipinski definition) is 3. The third-order valence-electron chi connectivity index (χ3n) is 3.43. The second kappa shape index (κ2) is 7.13. The molecule has 1 unspecified atom stereocenters. The van der Waals surface area contributed by atoms with E-state index < -0.39 is 0 Å². The van der Waals surface area contributed by atoms with Crippen LogP contribution in [0, 0.1) is 0 Å². The van der Waals surface area contributed by atoms with Crippen molar-refractivity contribution in [3.63, 3.8) is 0 Å². The van der Waals surface area contributed by atoms with Crippen molar-refractivity contribution >= 4 is 11.6 Å². The standard InChI is InChI=1S/C15H22ClNO2/c1-3-17-11(2)12-4-5-15(14(16)10-12)19-13-6-8-18-9-7-13/h4-5,10-11,13,17H,3,6-9H2,1-2H3. The minimum Gasteiger partial charge on any atom is -0.489 e. The number of benzene rings is 1. The Labute approximate surface area is 120 Å². The van der Waals surface area contributed by atoms with Crippen LogP contribution in [-0.4, -0.2) is 25.9 Å². The third-order valence-corrected chi connectivity index (χ3v) is 3.72. The molecule has 1 aliphatic heterocycles. The lowest BCUT2D eigenvalue weighted by molar-refractivity contribution is 0.0256. The summed E-state index contributed by atoms with van der Waals surface area (Å²) >= 11 is 6.31. The Balaban J connectivity index is 2.01. The molecule has 1 atom stereocenters. The molecule has 0 spiro atoms. The second-order valence-electron chi connectivity index (χ2n) is 4.90. The number of halogens is 1. The Bertz CT molecular complexity index is 405. The van der Waals surface area contributed by atoms with Crippen LogP contribution in [0.5, 0.6) is 5.75 Å². The summed E-state index contributed by atoms with van der Waals surface area (Å²) in [5.74, 6) is 0.779. The molecule has 1 saturated heterocycles. The molecule has 0 amide bonds. The fourth-order valence-electron chi connectivity index (χ4n) is 2.28. The zero-order valence-corrected chi connectivity index (χ0v) is 12.4. The van der Waals surface area contributed by atoms with Crippen molar-refractivity contribution in [1.82, 2.24) is 5.32 Å². The Morgan fingerprint density at radius 3 is 2.79 bits per heavy atom. The molecule has 0 saturated carbocycles. The average Bonchev–Trinajstić information content (AvgIpc) is 2.42. The lowest BCUT2D eigenvalue weighted by Gasteiger charge is -2.24. The summed E-state index contributed by atoms with van der Waals surface area (Å²) in [5, 5.41) is 4.06. The summed E-state index contributed by atoms with van der Waals surface area (Å²) in [7, 11) is 0. The number of rotatable bonds is 5. The molecule has 2 rings (SSSR count). The molecular formula is C15H22ClNO2. The highest BCUT2D eigenvalue weighted by Crippen LogP contribution is 2.30. The van der Waals surface area contributed by atoms with Gasteiger partial charge >= 0.3 is 0 Å². The molecule has 1 aromatic carbocycles. The molecule has 0 radical (unpaired) electrons. The summed E-state index contributed by atoms with van der Waals surface area (Å²) in [6.07, 6.45) is 2.10. The van der Waals surface area contributed by atoms with Crippen LogP contribution in [0.2, 0.25) is 5.02 Å². The fourth-order valence-corrected chi connectivity index (χ4v) is 2.51.